The molecule has 19 heavy (non-hydrogen) atoms. The Morgan fingerprint density at radius 1 is 1.16 bits per heavy atom. The molecule has 0 bridgehead atoms. The summed E-state index contributed by atoms with van der Waals surface area (Å²) in [5.41, 5.74) is 8.15. The molecule has 0 radical (unpaired) electrons. The zero-order chi connectivity index (χ0) is 13.7. The average Bonchev–Trinajstić information content (AvgIpc) is 2.92. The minimum Gasteiger partial charge on any atom is -0.326 e. The van der Waals surface area contributed by atoms with Crippen LogP contribution < -0.4 is 5.73 Å². The van der Waals surface area contributed by atoms with Gasteiger partial charge in [-0.25, -0.2) is 0 Å². The van der Waals surface area contributed by atoms with Crippen LogP contribution in [0.4, 0.5) is 0 Å². The van der Waals surface area contributed by atoms with Crippen LogP contribution in [0.2, 0.25) is 0 Å². The van der Waals surface area contributed by atoms with Crippen molar-refractivity contribution in [2.24, 2.45) is 5.73 Å². The second-order valence-corrected chi connectivity index (χ2v) is 6.10. The number of rotatable bonds is 6. The molecule has 0 aliphatic heterocycles. The summed E-state index contributed by atoms with van der Waals surface area (Å²) in [6.07, 6.45) is 1.12. The molecule has 1 heterocycles. The highest BCUT2D eigenvalue weighted by Crippen LogP contribution is 2.15. The van der Waals surface area contributed by atoms with E-state index >= 15 is 0 Å². The third-order valence-corrected chi connectivity index (χ3v) is 4.42. The van der Waals surface area contributed by atoms with Gasteiger partial charge >= 0.3 is 0 Å². The van der Waals surface area contributed by atoms with Crippen LogP contribution in [0.25, 0.3) is 0 Å². The second-order valence-electron chi connectivity index (χ2n) is 5.07. The number of likely N-dealkylation sites (N-methyl/N-ethyl adjacent to an activating group) is 1. The van der Waals surface area contributed by atoms with E-state index in [1.54, 1.807) is 0 Å². The largest absolute Gasteiger partial charge is 0.326 e. The maximum Gasteiger partial charge on any atom is 0.0233 e. The van der Waals surface area contributed by atoms with Crippen LogP contribution in [-0.2, 0) is 19.5 Å². The minimum atomic E-state index is 0.549. The van der Waals surface area contributed by atoms with E-state index in [-0.39, 0.29) is 0 Å². The zero-order valence-corrected chi connectivity index (χ0v) is 12.5. The highest BCUT2D eigenvalue weighted by molar-refractivity contribution is 7.09. The molecule has 3 heteroatoms. The average molecular weight is 274 g/mol. The number of nitrogens with zero attached hydrogens (tertiary/aromatic N) is 1. The van der Waals surface area contributed by atoms with Crippen molar-refractivity contribution in [2.75, 3.05) is 7.05 Å². The van der Waals surface area contributed by atoms with Crippen LogP contribution in [0.3, 0.4) is 0 Å². The fourth-order valence-corrected chi connectivity index (χ4v) is 2.93. The van der Waals surface area contributed by atoms with E-state index in [1.807, 2.05) is 11.3 Å². The summed E-state index contributed by atoms with van der Waals surface area (Å²) in [6.45, 7) is 3.89. The van der Waals surface area contributed by atoms with Crippen LogP contribution in [0, 0.1) is 0 Å². The first kappa shape index (κ1) is 14.3. The van der Waals surface area contributed by atoms with E-state index in [4.69, 9.17) is 5.73 Å². The van der Waals surface area contributed by atoms with E-state index in [2.05, 4.69) is 60.6 Å². The van der Waals surface area contributed by atoms with Gasteiger partial charge in [0, 0.05) is 24.0 Å². The minimum absolute atomic E-state index is 0.549. The summed E-state index contributed by atoms with van der Waals surface area (Å²) in [6, 6.07) is 13.5. The van der Waals surface area contributed by atoms with Crippen LogP contribution in [0.1, 0.15) is 22.9 Å². The van der Waals surface area contributed by atoms with Crippen molar-refractivity contribution in [1.29, 1.82) is 0 Å². The van der Waals surface area contributed by atoms with Gasteiger partial charge in [0.25, 0.3) is 0 Å². The fourth-order valence-electron chi connectivity index (χ4n) is 2.10. The number of nitrogens with two attached hydrogens (primary N) is 1. The maximum atomic E-state index is 5.62. The van der Waals surface area contributed by atoms with E-state index in [0.29, 0.717) is 12.6 Å². The van der Waals surface area contributed by atoms with Crippen molar-refractivity contribution < 1.29 is 0 Å². The summed E-state index contributed by atoms with van der Waals surface area (Å²) >= 11 is 1.84. The number of hydrogen-bond acceptors (Lipinski definition) is 3. The molecule has 0 spiro atoms. The first-order valence-corrected chi connectivity index (χ1v) is 7.57. The van der Waals surface area contributed by atoms with Gasteiger partial charge in [-0.3, -0.25) is 4.90 Å². The topological polar surface area (TPSA) is 29.3 Å². The van der Waals surface area contributed by atoms with Gasteiger partial charge in [0.2, 0.25) is 0 Å². The van der Waals surface area contributed by atoms with Crippen molar-refractivity contribution in [2.45, 2.75) is 32.5 Å². The molecular weight excluding hydrogens is 252 g/mol. The summed E-state index contributed by atoms with van der Waals surface area (Å²) < 4.78 is 0. The second kappa shape index (κ2) is 6.85. The zero-order valence-electron chi connectivity index (χ0n) is 11.7. The van der Waals surface area contributed by atoms with E-state index in [1.165, 1.54) is 16.0 Å². The van der Waals surface area contributed by atoms with Gasteiger partial charge in [0.15, 0.2) is 0 Å². The lowest BCUT2D eigenvalue weighted by Gasteiger charge is -2.24. The monoisotopic (exact) mass is 274 g/mol. The molecule has 1 aromatic heterocycles. The smallest absolute Gasteiger partial charge is 0.0233 e. The molecule has 2 N–H and O–H groups in total. The summed E-state index contributed by atoms with van der Waals surface area (Å²) in [7, 11) is 2.19. The third kappa shape index (κ3) is 4.16. The van der Waals surface area contributed by atoms with Gasteiger partial charge in [-0.05, 0) is 43.0 Å². The third-order valence-electron chi connectivity index (χ3n) is 3.52. The van der Waals surface area contributed by atoms with Crippen LogP contribution in [-0.4, -0.2) is 18.0 Å². The molecule has 102 valence electrons. The van der Waals surface area contributed by atoms with Crippen molar-refractivity contribution in [3.05, 3.63) is 57.8 Å². The number of thiophene rings is 1. The molecule has 2 nitrogen and oxygen atoms in total. The Balaban J connectivity index is 1.90. The predicted molar refractivity (Wildman–Crippen MR) is 83.3 cm³/mol. The van der Waals surface area contributed by atoms with Gasteiger partial charge in [0.1, 0.15) is 0 Å². The Bertz CT molecular complexity index is 476. The van der Waals surface area contributed by atoms with Crippen molar-refractivity contribution >= 4 is 11.3 Å². The molecule has 0 saturated carbocycles. The summed E-state index contributed by atoms with van der Waals surface area (Å²) in [5, 5.41) is 2.15. The lowest BCUT2D eigenvalue weighted by Crippen LogP contribution is -2.30. The SMILES string of the molecule is CC(Cc1cccs1)N(C)Cc1ccc(CN)cc1. The molecule has 0 aliphatic carbocycles. The molecule has 1 aromatic carbocycles. The van der Waals surface area contributed by atoms with Crippen LogP contribution in [0.5, 0.6) is 0 Å². The highest BCUT2D eigenvalue weighted by atomic mass is 32.1. The van der Waals surface area contributed by atoms with Crippen LogP contribution in [0.15, 0.2) is 41.8 Å². The predicted octanol–water partition coefficient (Wildman–Crippen LogP) is 3.27. The Morgan fingerprint density at radius 2 is 1.84 bits per heavy atom. The van der Waals surface area contributed by atoms with Crippen LogP contribution >= 0.6 is 11.3 Å². The van der Waals surface area contributed by atoms with E-state index in [9.17, 15) is 0 Å². The van der Waals surface area contributed by atoms with Gasteiger partial charge in [0.05, 0.1) is 0 Å². The number of benzene rings is 1. The highest BCUT2D eigenvalue weighted by Gasteiger charge is 2.11. The Hall–Kier alpha value is -1.16. The van der Waals surface area contributed by atoms with Gasteiger partial charge in [-0.1, -0.05) is 30.3 Å². The van der Waals surface area contributed by atoms with Crippen molar-refractivity contribution in [3.8, 4) is 0 Å². The first-order chi connectivity index (χ1) is 9.19. The molecule has 0 saturated heterocycles. The molecule has 0 aliphatic rings. The molecular formula is C16H22N2S. The molecule has 2 aromatic rings. The Kier molecular flexibility index (Phi) is 5.14. The fraction of sp³-hybridized carbons (Fsp3) is 0.375. The summed E-state index contributed by atoms with van der Waals surface area (Å²) in [5.74, 6) is 0. The maximum absolute atomic E-state index is 5.62. The molecule has 1 atom stereocenters. The quantitative estimate of drug-likeness (QED) is 0.876. The van der Waals surface area contributed by atoms with E-state index < -0.39 is 0 Å². The molecule has 1 unspecified atom stereocenters. The normalized spacial score (nSPS) is 12.8. The van der Waals surface area contributed by atoms with Gasteiger partial charge < -0.3 is 5.73 Å². The van der Waals surface area contributed by atoms with Gasteiger partial charge in [-0.2, -0.15) is 0 Å². The van der Waals surface area contributed by atoms with Crippen molar-refractivity contribution in [1.82, 2.24) is 4.90 Å². The van der Waals surface area contributed by atoms with Crippen molar-refractivity contribution in [3.63, 3.8) is 0 Å². The molecule has 0 amide bonds. The Morgan fingerprint density at radius 3 is 2.42 bits per heavy atom. The van der Waals surface area contributed by atoms with Gasteiger partial charge in [-0.15, -0.1) is 11.3 Å². The lowest BCUT2D eigenvalue weighted by atomic mass is 10.1. The Labute approximate surface area is 119 Å². The molecule has 0 fully saturated rings. The number of hydrogen-bond donors (Lipinski definition) is 1. The molecule has 2 rings (SSSR count). The lowest BCUT2D eigenvalue weighted by molar-refractivity contribution is 0.249. The standard InChI is InChI=1S/C16H22N2S/c1-13(10-16-4-3-9-19-16)18(2)12-15-7-5-14(11-17)6-8-15/h3-9,13H,10-12,17H2,1-2H3. The van der Waals surface area contributed by atoms with E-state index in [0.717, 1.165) is 13.0 Å². The summed E-state index contributed by atoms with van der Waals surface area (Å²) in [4.78, 5) is 3.86. The first-order valence-electron chi connectivity index (χ1n) is 6.69.